The van der Waals surface area contributed by atoms with Gasteiger partial charge in [-0.25, -0.2) is 0 Å². The van der Waals surface area contributed by atoms with Crippen LogP contribution in [0.25, 0.3) is 44.0 Å². The predicted molar refractivity (Wildman–Crippen MR) is 139 cm³/mol. The van der Waals surface area contributed by atoms with Crippen molar-refractivity contribution in [1.29, 1.82) is 0 Å². The van der Waals surface area contributed by atoms with Crippen LogP contribution < -0.4 is 0 Å². The maximum atomic E-state index is 6.43. The Kier molecular flexibility index (Phi) is 4.98. The van der Waals surface area contributed by atoms with Gasteiger partial charge < -0.3 is 4.42 Å². The zero-order chi connectivity index (χ0) is 22.5. The van der Waals surface area contributed by atoms with Crippen LogP contribution in [-0.2, 0) is 6.42 Å². The topological polar surface area (TPSA) is 26.0 Å². The van der Waals surface area contributed by atoms with E-state index in [4.69, 9.17) is 9.40 Å². The molecule has 1 aliphatic carbocycles. The van der Waals surface area contributed by atoms with Gasteiger partial charge in [0.05, 0.1) is 5.69 Å². The molecule has 0 bridgehead atoms. The molecular formula is C31H31NO. The first-order chi connectivity index (χ1) is 16.1. The smallest absolute Gasteiger partial charge is 0.144 e. The molecule has 0 unspecified atom stereocenters. The number of pyridine rings is 1. The number of nitrogens with zero attached hydrogens (tertiary/aromatic N) is 1. The second-order valence-electron chi connectivity index (χ2n) is 10.3. The van der Waals surface area contributed by atoms with Crippen LogP contribution in [0.5, 0.6) is 0 Å². The summed E-state index contributed by atoms with van der Waals surface area (Å²) in [5.74, 6) is 1.29. The number of rotatable bonds is 4. The zero-order valence-electron chi connectivity index (χ0n) is 19.8. The van der Waals surface area contributed by atoms with E-state index in [0.29, 0.717) is 11.8 Å². The lowest BCUT2D eigenvalue weighted by molar-refractivity contribution is 0.647. The van der Waals surface area contributed by atoms with Crippen molar-refractivity contribution in [3.8, 4) is 11.3 Å². The highest BCUT2D eigenvalue weighted by Gasteiger charge is 2.21. The second-order valence-corrected chi connectivity index (χ2v) is 10.3. The summed E-state index contributed by atoms with van der Waals surface area (Å²) in [6, 6.07) is 20.0. The Labute approximate surface area is 195 Å². The van der Waals surface area contributed by atoms with Crippen molar-refractivity contribution >= 4 is 32.7 Å². The molecule has 0 spiro atoms. The lowest BCUT2D eigenvalue weighted by Gasteiger charge is -2.18. The number of benzene rings is 3. The molecule has 2 nitrogen and oxygen atoms in total. The Hall–Kier alpha value is -3.13. The Morgan fingerprint density at radius 1 is 0.909 bits per heavy atom. The van der Waals surface area contributed by atoms with Gasteiger partial charge in [-0.15, -0.1) is 0 Å². The number of para-hydroxylation sites is 1. The van der Waals surface area contributed by atoms with Crippen LogP contribution in [0.15, 0.2) is 65.2 Å². The maximum Gasteiger partial charge on any atom is 0.144 e. The Bertz CT molecular complexity index is 1480. The van der Waals surface area contributed by atoms with Gasteiger partial charge in [-0.1, -0.05) is 51.0 Å². The summed E-state index contributed by atoms with van der Waals surface area (Å²) < 4.78 is 6.43. The fraction of sp³-hybridized carbons (Fsp3) is 0.323. The van der Waals surface area contributed by atoms with Crippen molar-refractivity contribution in [1.82, 2.24) is 4.98 Å². The molecule has 33 heavy (non-hydrogen) atoms. The first kappa shape index (κ1) is 20.5. The summed E-state index contributed by atoms with van der Waals surface area (Å²) in [5, 5.41) is 4.95. The van der Waals surface area contributed by atoms with Crippen LogP contribution in [-0.4, -0.2) is 4.98 Å². The molecule has 1 fully saturated rings. The maximum absolute atomic E-state index is 6.43. The minimum Gasteiger partial charge on any atom is -0.455 e. The number of hydrogen-bond acceptors (Lipinski definition) is 2. The Morgan fingerprint density at radius 2 is 1.73 bits per heavy atom. The molecule has 3 aromatic carbocycles. The molecule has 0 atom stereocenters. The molecule has 2 heterocycles. The van der Waals surface area contributed by atoms with Crippen LogP contribution in [0.2, 0.25) is 0 Å². The Morgan fingerprint density at radius 3 is 2.55 bits per heavy atom. The number of aryl methyl sites for hydroxylation is 1. The largest absolute Gasteiger partial charge is 0.455 e. The van der Waals surface area contributed by atoms with E-state index in [2.05, 4.69) is 69.3 Å². The standard InChI is InChI=1S/C31H31NO/c1-19(2)14-23-17-22(21-8-4-5-9-21)18-26-24(23)12-13-32-30(26)28-16-20(3)15-27-25-10-6-7-11-29(25)33-31(27)28/h6-7,10-13,15-19,21H,4-5,8-9,14H2,1-3H3. The van der Waals surface area contributed by atoms with E-state index >= 15 is 0 Å². The van der Waals surface area contributed by atoms with Gasteiger partial charge in [0, 0.05) is 27.9 Å². The highest BCUT2D eigenvalue weighted by atomic mass is 16.3. The lowest BCUT2D eigenvalue weighted by Crippen LogP contribution is -2.01. The van der Waals surface area contributed by atoms with Crippen molar-refractivity contribution in [2.24, 2.45) is 5.92 Å². The summed E-state index contributed by atoms with van der Waals surface area (Å²) in [6.07, 6.45) is 8.38. The van der Waals surface area contributed by atoms with Gasteiger partial charge in [0.2, 0.25) is 0 Å². The molecule has 0 radical (unpaired) electrons. The summed E-state index contributed by atoms with van der Waals surface area (Å²) >= 11 is 0. The average Bonchev–Trinajstić information content (AvgIpc) is 3.46. The normalized spacial score (nSPS) is 14.9. The number of aromatic nitrogens is 1. The molecule has 1 aliphatic rings. The third-order valence-corrected chi connectivity index (χ3v) is 7.32. The van der Waals surface area contributed by atoms with Crippen LogP contribution in [0, 0.1) is 12.8 Å². The number of fused-ring (bicyclic) bond motifs is 4. The molecule has 2 aromatic heterocycles. The zero-order valence-corrected chi connectivity index (χ0v) is 19.8. The van der Waals surface area contributed by atoms with E-state index in [1.807, 2.05) is 12.3 Å². The first-order valence-electron chi connectivity index (χ1n) is 12.4. The number of furan rings is 1. The van der Waals surface area contributed by atoms with E-state index in [9.17, 15) is 0 Å². The van der Waals surface area contributed by atoms with Crippen molar-refractivity contribution in [3.05, 3.63) is 77.5 Å². The number of hydrogen-bond donors (Lipinski definition) is 0. The molecule has 2 heteroatoms. The lowest BCUT2D eigenvalue weighted by atomic mass is 9.88. The predicted octanol–water partition coefficient (Wildman–Crippen LogP) is 8.97. The van der Waals surface area contributed by atoms with E-state index in [1.54, 1.807) is 0 Å². The molecule has 0 saturated heterocycles. The molecule has 0 aliphatic heterocycles. The van der Waals surface area contributed by atoms with Gasteiger partial charge in [-0.3, -0.25) is 4.98 Å². The van der Waals surface area contributed by atoms with E-state index in [-0.39, 0.29) is 0 Å². The Balaban J connectivity index is 1.66. The van der Waals surface area contributed by atoms with Gasteiger partial charge >= 0.3 is 0 Å². The highest BCUT2D eigenvalue weighted by molar-refractivity contribution is 6.12. The molecule has 0 N–H and O–H groups in total. The molecule has 6 rings (SSSR count). The third kappa shape index (κ3) is 3.53. The van der Waals surface area contributed by atoms with Gasteiger partial charge in [-0.05, 0) is 90.4 Å². The quantitative estimate of drug-likeness (QED) is 0.283. The summed E-state index contributed by atoms with van der Waals surface area (Å²) in [7, 11) is 0. The average molecular weight is 434 g/mol. The highest BCUT2D eigenvalue weighted by Crippen LogP contribution is 2.41. The minimum absolute atomic E-state index is 0.615. The van der Waals surface area contributed by atoms with E-state index in [0.717, 1.165) is 28.8 Å². The van der Waals surface area contributed by atoms with Crippen molar-refractivity contribution < 1.29 is 4.42 Å². The molecular weight excluding hydrogens is 402 g/mol. The summed E-state index contributed by atoms with van der Waals surface area (Å²) in [6.45, 7) is 6.80. The third-order valence-electron chi connectivity index (χ3n) is 7.32. The minimum atomic E-state index is 0.615. The SMILES string of the molecule is Cc1cc(-c2nccc3c(CC(C)C)cc(C4CCCC4)cc23)c2oc3ccccc3c2c1. The fourth-order valence-corrected chi connectivity index (χ4v) is 5.85. The fourth-order valence-electron chi connectivity index (χ4n) is 5.85. The van der Waals surface area contributed by atoms with Gasteiger partial charge in [-0.2, -0.15) is 0 Å². The molecule has 166 valence electrons. The van der Waals surface area contributed by atoms with Crippen molar-refractivity contribution in [3.63, 3.8) is 0 Å². The molecule has 5 aromatic rings. The van der Waals surface area contributed by atoms with Gasteiger partial charge in [0.25, 0.3) is 0 Å². The van der Waals surface area contributed by atoms with Crippen molar-refractivity contribution in [2.75, 3.05) is 0 Å². The monoisotopic (exact) mass is 433 g/mol. The first-order valence-corrected chi connectivity index (χ1v) is 12.4. The van der Waals surface area contributed by atoms with Crippen molar-refractivity contribution in [2.45, 2.75) is 58.8 Å². The van der Waals surface area contributed by atoms with Crippen LogP contribution in [0.1, 0.15) is 62.1 Å². The van der Waals surface area contributed by atoms with Crippen LogP contribution in [0.3, 0.4) is 0 Å². The van der Waals surface area contributed by atoms with Gasteiger partial charge in [0.15, 0.2) is 0 Å². The second kappa shape index (κ2) is 8.02. The van der Waals surface area contributed by atoms with Crippen LogP contribution >= 0.6 is 0 Å². The molecule has 1 saturated carbocycles. The molecule has 0 amide bonds. The van der Waals surface area contributed by atoms with E-state index < -0.39 is 0 Å². The van der Waals surface area contributed by atoms with E-state index in [1.165, 1.54) is 63.9 Å². The summed E-state index contributed by atoms with van der Waals surface area (Å²) in [5.41, 5.74) is 8.22. The van der Waals surface area contributed by atoms with Crippen LogP contribution in [0.4, 0.5) is 0 Å². The summed E-state index contributed by atoms with van der Waals surface area (Å²) in [4.78, 5) is 4.97. The van der Waals surface area contributed by atoms with Gasteiger partial charge in [0.1, 0.15) is 11.2 Å².